The van der Waals surface area contributed by atoms with E-state index in [0.717, 1.165) is 17.0 Å². The Balaban J connectivity index is 1.48. The highest BCUT2D eigenvalue weighted by Crippen LogP contribution is 2.23. The highest BCUT2D eigenvalue weighted by atomic mass is 32.1. The van der Waals surface area contributed by atoms with E-state index in [0.29, 0.717) is 5.13 Å². The van der Waals surface area contributed by atoms with Crippen molar-refractivity contribution in [2.24, 2.45) is 0 Å². The molecule has 0 unspecified atom stereocenters. The highest BCUT2D eigenvalue weighted by molar-refractivity contribution is 7.15. The second-order valence-electron chi connectivity index (χ2n) is 5.89. The molecule has 27 heavy (non-hydrogen) atoms. The van der Waals surface area contributed by atoms with Gasteiger partial charge in [0.1, 0.15) is 0 Å². The van der Waals surface area contributed by atoms with Gasteiger partial charge in [-0.25, -0.2) is 9.67 Å². The van der Waals surface area contributed by atoms with Crippen molar-refractivity contribution in [3.63, 3.8) is 0 Å². The zero-order valence-electron chi connectivity index (χ0n) is 14.2. The molecule has 0 fully saturated rings. The molecule has 2 aromatic heterocycles. The average Bonchev–Trinajstić information content (AvgIpc) is 3.29. The zero-order valence-corrected chi connectivity index (χ0v) is 15.1. The van der Waals surface area contributed by atoms with Gasteiger partial charge in [0, 0.05) is 17.5 Å². The third-order valence-corrected chi connectivity index (χ3v) is 4.84. The van der Waals surface area contributed by atoms with Crippen LogP contribution < -0.4 is 5.32 Å². The van der Waals surface area contributed by atoms with Gasteiger partial charge in [-0.3, -0.25) is 10.1 Å². The third-order valence-electron chi connectivity index (χ3n) is 3.93. The maximum Gasteiger partial charge on any atom is 0.281 e. The van der Waals surface area contributed by atoms with Crippen molar-refractivity contribution in [2.75, 3.05) is 5.32 Å². The van der Waals surface area contributed by atoms with Crippen LogP contribution in [-0.4, -0.2) is 25.8 Å². The van der Waals surface area contributed by atoms with Gasteiger partial charge in [-0.15, -0.1) is 11.3 Å². The van der Waals surface area contributed by atoms with E-state index >= 15 is 0 Å². The van der Waals surface area contributed by atoms with E-state index in [1.54, 1.807) is 6.20 Å². The SMILES string of the molecule is O=C(Nc1ncc(Cc2ccccc2)s1)c1nn(-c2ccccc2)cc1O. The van der Waals surface area contributed by atoms with Gasteiger partial charge in [-0.1, -0.05) is 48.5 Å². The van der Waals surface area contributed by atoms with E-state index in [-0.39, 0.29) is 11.4 Å². The number of aromatic hydroxyl groups is 1. The van der Waals surface area contributed by atoms with Crippen LogP contribution >= 0.6 is 11.3 Å². The largest absolute Gasteiger partial charge is 0.504 e. The number of thiazole rings is 1. The summed E-state index contributed by atoms with van der Waals surface area (Å²) in [5.74, 6) is -0.680. The number of amides is 1. The summed E-state index contributed by atoms with van der Waals surface area (Å²) in [7, 11) is 0. The summed E-state index contributed by atoms with van der Waals surface area (Å²) in [5, 5.41) is 17.4. The van der Waals surface area contributed by atoms with Crippen molar-refractivity contribution < 1.29 is 9.90 Å². The number of aromatic nitrogens is 3. The summed E-state index contributed by atoms with van der Waals surface area (Å²) in [6, 6.07) is 19.3. The monoisotopic (exact) mass is 376 g/mol. The summed E-state index contributed by atoms with van der Waals surface area (Å²) < 4.78 is 1.47. The summed E-state index contributed by atoms with van der Waals surface area (Å²) in [6.45, 7) is 0. The molecule has 0 aliphatic heterocycles. The first-order chi connectivity index (χ1) is 13.2. The molecule has 0 atom stereocenters. The molecule has 4 rings (SSSR count). The first kappa shape index (κ1) is 17.0. The van der Waals surface area contributed by atoms with E-state index in [1.165, 1.54) is 27.8 Å². The first-order valence-corrected chi connectivity index (χ1v) is 9.15. The number of carbonyl (C=O) groups excluding carboxylic acids is 1. The highest BCUT2D eigenvalue weighted by Gasteiger charge is 2.18. The molecular formula is C20H16N4O2S. The van der Waals surface area contributed by atoms with Crippen molar-refractivity contribution in [2.45, 2.75) is 6.42 Å². The van der Waals surface area contributed by atoms with Crippen LogP contribution in [0.5, 0.6) is 5.75 Å². The lowest BCUT2D eigenvalue weighted by Crippen LogP contribution is -2.13. The molecule has 4 aromatic rings. The summed E-state index contributed by atoms with van der Waals surface area (Å²) in [4.78, 5) is 17.7. The zero-order chi connectivity index (χ0) is 18.6. The van der Waals surface area contributed by atoms with Gasteiger partial charge < -0.3 is 5.11 Å². The summed E-state index contributed by atoms with van der Waals surface area (Å²) in [5.41, 5.74) is 1.89. The normalized spacial score (nSPS) is 10.7. The number of rotatable bonds is 5. The van der Waals surface area contributed by atoms with Crippen LogP contribution in [0.4, 0.5) is 5.13 Å². The van der Waals surface area contributed by atoms with Gasteiger partial charge in [0.2, 0.25) is 0 Å². The van der Waals surface area contributed by atoms with E-state index in [2.05, 4.69) is 15.4 Å². The molecule has 134 valence electrons. The number of anilines is 1. The predicted octanol–water partition coefficient (Wildman–Crippen LogP) is 3.88. The Bertz CT molecular complexity index is 1060. The Morgan fingerprint density at radius 3 is 2.52 bits per heavy atom. The van der Waals surface area contributed by atoms with E-state index in [4.69, 9.17) is 0 Å². The Labute approximate surface area is 159 Å². The Morgan fingerprint density at radius 1 is 1.07 bits per heavy atom. The lowest BCUT2D eigenvalue weighted by Gasteiger charge is -2.00. The minimum atomic E-state index is -0.497. The molecule has 6 nitrogen and oxygen atoms in total. The Morgan fingerprint density at radius 2 is 1.78 bits per heavy atom. The summed E-state index contributed by atoms with van der Waals surface area (Å²) >= 11 is 1.40. The third kappa shape index (κ3) is 3.88. The average molecular weight is 376 g/mol. The van der Waals surface area contributed by atoms with Gasteiger partial charge in [0.25, 0.3) is 5.91 Å². The van der Waals surface area contributed by atoms with Gasteiger partial charge in [-0.2, -0.15) is 5.10 Å². The minimum absolute atomic E-state index is 0.0429. The standard InChI is InChI=1S/C20H16N4O2S/c25-17-13-24(15-9-5-2-6-10-15)23-18(17)19(26)22-20-21-12-16(27-20)11-14-7-3-1-4-8-14/h1-10,12-13,25H,11H2,(H,21,22,26). The van der Waals surface area contributed by atoms with Gasteiger partial charge in [0.05, 0.1) is 11.9 Å². The van der Waals surface area contributed by atoms with Crippen molar-refractivity contribution in [3.05, 3.63) is 89.2 Å². The smallest absolute Gasteiger partial charge is 0.281 e. The Kier molecular flexibility index (Phi) is 4.67. The molecule has 0 radical (unpaired) electrons. The lowest BCUT2D eigenvalue weighted by atomic mass is 10.1. The fourth-order valence-electron chi connectivity index (χ4n) is 2.64. The van der Waals surface area contributed by atoms with Gasteiger partial charge in [0.15, 0.2) is 16.6 Å². The number of nitrogens with zero attached hydrogens (tertiary/aromatic N) is 3. The predicted molar refractivity (Wildman–Crippen MR) is 105 cm³/mol. The van der Waals surface area contributed by atoms with Crippen LogP contribution in [0, 0.1) is 0 Å². The molecule has 0 saturated carbocycles. The minimum Gasteiger partial charge on any atom is -0.504 e. The van der Waals surface area contributed by atoms with Gasteiger partial charge >= 0.3 is 0 Å². The second kappa shape index (κ2) is 7.43. The van der Waals surface area contributed by atoms with Crippen LogP contribution in [-0.2, 0) is 6.42 Å². The number of carbonyl (C=O) groups is 1. The Hall–Kier alpha value is -3.45. The second-order valence-corrected chi connectivity index (χ2v) is 7.01. The number of para-hydroxylation sites is 1. The van der Waals surface area contributed by atoms with Crippen molar-refractivity contribution in [1.29, 1.82) is 0 Å². The fourth-order valence-corrected chi connectivity index (χ4v) is 3.48. The molecule has 0 aliphatic carbocycles. The molecule has 0 aliphatic rings. The molecule has 2 heterocycles. The molecule has 1 amide bonds. The molecule has 2 N–H and O–H groups in total. The van der Waals surface area contributed by atoms with Crippen LogP contribution in [0.1, 0.15) is 20.9 Å². The van der Waals surface area contributed by atoms with Crippen molar-refractivity contribution in [3.8, 4) is 11.4 Å². The topological polar surface area (TPSA) is 80.0 Å². The quantitative estimate of drug-likeness (QED) is 0.554. The molecule has 7 heteroatoms. The number of benzene rings is 2. The van der Waals surface area contributed by atoms with Crippen LogP contribution in [0.2, 0.25) is 0 Å². The maximum absolute atomic E-state index is 12.5. The van der Waals surface area contributed by atoms with Crippen LogP contribution in [0.15, 0.2) is 73.1 Å². The molecule has 0 spiro atoms. The van der Waals surface area contributed by atoms with Crippen LogP contribution in [0.25, 0.3) is 5.69 Å². The molecule has 2 aromatic carbocycles. The van der Waals surface area contributed by atoms with E-state index < -0.39 is 5.91 Å². The van der Waals surface area contributed by atoms with E-state index in [1.807, 2.05) is 60.7 Å². The maximum atomic E-state index is 12.5. The first-order valence-electron chi connectivity index (χ1n) is 8.33. The number of hydrogen-bond donors (Lipinski definition) is 2. The van der Waals surface area contributed by atoms with Crippen LogP contribution in [0.3, 0.4) is 0 Å². The molecule has 0 saturated heterocycles. The van der Waals surface area contributed by atoms with Gasteiger partial charge in [-0.05, 0) is 17.7 Å². The summed E-state index contributed by atoms with van der Waals surface area (Å²) in [6.07, 6.45) is 3.91. The fraction of sp³-hybridized carbons (Fsp3) is 0.0500. The van der Waals surface area contributed by atoms with Crippen molar-refractivity contribution >= 4 is 22.4 Å². The number of nitrogens with one attached hydrogen (secondary N) is 1. The molecular weight excluding hydrogens is 360 g/mol. The molecule has 0 bridgehead atoms. The number of hydrogen-bond acceptors (Lipinski definition) is 5. The van der Waals surface area contributed by atoms with Crippen molar-refractivity contribution in [1.82, 2.24) is 14.8 Å². The van der Waals surface area contributed by atoms with E-state index in [9.17, 15) is 9.90 Å². The lowest BCUT2D eigenvalue weighted by molar-refractivity contribution is 0.101.